The Morgan fingerprint density at radius 2 is 1.43 bits per heavy atom. The van der Waals surface area contributed by atoms with Crippen LogP contribution in [0.4, 0.5) is 0 Å². The summed E-state index contributed by atoms with van der Waals surface area (Å²) in [6, 6.07) is 18.0. The molecule has 0 bridgehead atoms. The molecule has 0 heterocycles. The number of rotatable bonds is 0. The van der Waals surface area contributed by atoms with Gasteiger partial charge in [0.15, 0.2) is 0 Å². The average molecular weight is 310 g/mol. The van der Waals surface area contributed by atoms with E-state index in [1.165, 1.54) is 47.2 Å². The van der Waals surface area contributed by atoms with Crippen LogP contribution in [-0.2, 0) is 12.8 Å². The Hall–Kier alpha value is -1.90. The highest BCUT2D eigenvalue weighted by Crippen LogP contribution is 2.33. The number of aliphatic hydroxyl groups excluding tert-OH is 1. The summed E-state index contributed by atoms with van der Waals surface area (Å²) >= 11 is 0. The molecule has 3 aromatic rings. The van der Waals surface area contributed by atoms with Crippen molar-refractivity contribution in [1.29, 1.82) is 0 Å². The zero-order valence-corrected chi connectivity index (χ0v) is 14.0. The highest BCUT2D eigenvalue weighted by atomic mass is 16.3. The van der Waals surface area contributed by atoms with E-state index >= 15 is 0 Å². The van der Waals surface area contributed by atoms with Gasteiger partial charge in [0, 0.05) is 6.10 Å². The first-order valence-corrected chi connectivity index (χ1v) is 8.27. The number of benzene rings is 3. The minimum Gasteiger partial charge on any atom is -0.412 e. The minimum atomic E-state index is -0.167. The zero-order chi connectivity index (χ0) is 15.5. The van der Waals surface area contributed by atoms with Crippen LogP contribution in [-0.4, -0.2) is 16.7 Å². The molecule has 23 heavy (non-hydrogen) atoms. The van der Waals surface area contributed by atoms with Crippen LogP contribution in [0.5, 0.6) is 0 Å². The van der Waals surface area contributed by atoms with Gasteiger partial charge in [0.1, 0.15) is 0 Å². The Kier molecular flexibility index (Phi) is 5.75. The monoisotopic (exact) mass is 310 g/mol. The molecule has 3 N–H and O–H groups in total. The molecular formula is C21H26O2. The second-order valence-corrected chi connectivity index (χ2v) is 6.39. The lowest BCUT2D eigenvalue weighted by molar-refractivity contribution is 0.216. The molecule has 0 unspecified atom stereocenters. The number of aliphatic hydroxyl groups is 1. The molecular weight excluding hydrogens is 284 g/mol. The molecule has 0 aromatic heterocycles. The second-order valence-electron chi connectivity index (χ2n) is 6.39. The van der Waals surface area contributed by atoms with Gasteiger partial charge in [0.05, 0.1) is 0 Å². The van der Waals surface area contributed by atoms with Gasteiger partial charge in [-0.05, 0) is 72.2 Å². The summed E-state index contributed by atoms with van der Waals surface area (Å²) in [6.07, 6.45) is 5.05. The van der Waals surface area contributed by atoms with Crippen molar-refractivity contribution in [3.63, 3.8) is 0 Å². The predicted molar refractivity (Wildman–Crippen MR) is 99.1 cm³/mol. The van der Waals surface area contributed by atoms with E-state index in [2.05, 4.69) is 48.5 Å². The minimum absolute atomic E-state index is 0. The van der Waals surface area contributed by atoms with Gasteiger partial charge in [0.2, 0.25) is 0 Å². The smallest absolute Gasteiger partial charge is 0.0483 e. The van der Waals surface area contributed by atoms with Crippen LogP contribution in [0.2, 0.25) is 0 Å². The fourth-order valence-electron chi connectivity index (χ4n) is 3.34. The van der Waals surface area contributed by atoms with Crippen molar-refractivity contribution in [2.24, 2.45) is 0 Å². The van der Waals surface area contributed by atoms with Crippen molar-refractivity contribution in [1.82, 2.24) is 0 Å². The fourth-order valence-corrected chi connectivity index (χ4v) is 3.34. The Balaban J connectivity index is 0.000000349. The summed E-state index contributed by atoms with van der Waals surface area (Å²) < 4.78 is 0. The molecule has 0 amide bonds. The van der Waals surface area contributed by atoms with Crippen molar-refractivity contribution < 1.29 is 10.6 Å². The first kappa shape index (κ1) is 17.5. The third-order valence-corrected chi connectivity index (χ3v) is 4.26. The number of hydrogen-bond acceptors (Lipinski definition) is 1. The lowest BCUT2D eigenvalue weighted by Crippen LogP contribution is -2.02. The van der Waals surface area contributed by atoms with E-state index in [1.807, 2.05) is 0 Å². The molecule has 4 rings (SSSR count). The predicted octanol–water partition coefficient (Wildman–Crippen LogP) is 4.43. The van der Waals surface area contributed by atoms with Gasteiger partial charge < -0.3 is 10.6 Å². The highest BCUT2D eigenvalue weighted by Gasteiger charge is 2.13. The van der Waals surface area contributed by atoms with Gasteiger partial charge in [-0.3, -0.25) is 0 Å². The largest absolute Gasteiger partial charge is 0.412 e. The molecule has 2 nitrogen and oxygen atoms in total. The SMILES string of the molecule is CC(C)O.O.c1ccc2c(c1)ccc1c3c(ccc12)CCCC3. The van der Waals surface area contributed by atoms with Crippen LogP contribution in [0, 0.1) is 0 Å². The maximum atomic E-state index is 8.06. The first-order valence-electron chi connectivity index (χ1n) is 8.27. The van der Waals surface area contributed by atoms with Crippen LogP contribution >= 0.6 is 0 Å². The van der Waals surface area contributed by atoms with Gasteiger partial charge in [0.25, 0.3) is 0 Å². The normalized spacial score (nSPS) is 13.2. The molecule has 3 aromatic carbocycles. The van der Waals surface area contributed by atoms with E-state index in [9.17, 15) is 0 Å². The van der Waals surface area contributed by atoms with E-state index < -0.39 is 0 Å². The number of aryl methyl sites for hydroxylation is 2. The molecule has 0 spiro atoms. The Morgan fingerprint density at radius 1 is 0.783 bits per heavy atom. The molecule has 1 aliphatic rings. The van der Waals surface area contributed by atoms with Crippen LogP contribution < -0.4 is 0 Å². The van der Waals surface area contributed by atoms with Crippen molar-refractivity contribution in [3.05, 3.63) is 59.7 Å². The molecule has 0 radical (unpaired) electrons. The molecule has 122 valence electrons. The first-order chi connectivity index (χ1) is 10.7. The summed E-state index contributed by atoms with van der Waals surface area (Å²) in [4.78, 5) is 0. The summed E-state index contributed by atoms with van der Waals surface area (Å²) in [5.74, 6) is 0. The van der Waals surface area contributed by atoms with Crippen LogP contribution in [0.25, 0.3) is 21.5 Å². The zero-order valence-electron chi connectivity index (χ0n) is 14.0. The van der Waals surface area contributed by atoms with E-state index in [-0.39, 0.29) is 11.6 Å². The van der Waals surface area contributed by atoms with E-state index in [1.54, 1.807) is 25.0 Å². The third-order valence-electron chi connectivity index (χ3n) is 4.26. The molecule has 1 aliphatic carbocycles. The van der Waals surface area contributed by atoms with E-state index in [4.69, 9.17) is 5.11 Å². The molecule has 0 aliphatic heterocycles. The van der Waals surface area contributed by atoms with Crippen LogP contribution in [0.15, 0.2) is 48.5 Å². The maximum Gasteiger partial charge on any atom is 0.0483 e. The number of hydrogen-bond donors (Lipinski definition) is 1. The van der Waals surface area contributed by atoms with Crippen molar-refractivity contribution in [2.75, 3.05) is 0 Å². The maximum absolute atomic E-state index is 8.06. The lowest BCUT2D eigenvalue weighted by Gasteiger charge is -2.18. The molecule has 0 fully saturated rings. The summed E-state index contributed by atoms with van der Waals surface area (Å²) in [5, 5.41) is 13.7. The van der Waals surface area contributed by atoms with E-state index in [0.29, 0.717) is 0 Å². The van der Waals surface area contributed by atoms with Gasteiger partial charge >= 0.3 is 0 Å². The van der Waals surface area contributed by atoms with E-state index in [0.717, 1.165) is 0 Å². The van der Waals surface area contributed by atoms with Gasteiger partial charge in [-0.15, -0.1) is 0 Å². The lowest BCUT2D eigenvalue weighted by atomic mass is 9.86. The van der Waals surface area contributed by atoms with Crippen LogP contribution in [0.1, 0.15) is 37.8 Å². The molecule has 0 atom stereocenters. The molecule has 2 heteroatoms. The Labute approximate surface area is 138 Å². The summed E-state index contributed by atoms with van der Waals surface area (Å²) in [6.45, 7) is 3.44. The quantitative estimate of drug-likeness (QED) is 0.613. The average Bonchev–Trinajstić information content (AvgIpc) is 2.54. The summed E-state index contributed by atoms with van der Waals surface area (Å²) in [7, 11) is 0. The van der Waals surface area contributed by atoms with Crippen molar-refractivity contribution in [3.8, 4) is 0 Å². The molecule has 0 saturated heterocycles. The van der Waals surface area contributed by atoms with Crippen LogP contribution in [0.3, 0.4) is 0 Å². The Bertz CT molecular complexity index is 788. The van der Waals surface area contributed by atoms with Crippen molar-refractivity contribution in [2.45, 2.75) is 45.6 Å². The number of fused-ring (bicyclic) bond motifs is 5. The standard InChI is InChI=1S/C18H16.C3H8O.H2O/c1-3-7-15-13(5-1)9-11-18-16-8-4-2-6-14(16)10-12-17(15)18;1-3(2)4;/h1,3,5,7,9-12H,2,4,6,8H2;3-4H,1-2H3;1H2. The van der Waals surface area contributed by atoms with Crippen molar-refractivity contribution >= 4 is 21.5 Å². The topological polar surface area (TPSA) is 51.7 Å². The molecule has 0 saturated carbocycles. The van der Waals surface area contributed by atoms with Gasteiger partial charge in [-0.2, -0.15) is 0 Å². The third kappa shape index (κ3) is 3.72. The second kappa shape index (κ2) is 7.58. The summed E-state index contributed by atoms with van der Waals surface area (Å²) in [5.41, 5.74) is 3.17. The fraction of sp³-hybridized carbons (Fsp3) is 0.333. The van der Waals surface area contributed by atoms with Gasteiger partial charge in [-0.1, -0.05) is 48.5 Å². The Morgan fingerprint density at radius 3 is 2.22 bits per heavy atom. The highest BCUT2D eigenvalue weighted by molar-refractivity contribution is 6.08. The van der Waals surface area contributed by atoms with Gasteiger partial charge in [-0.25, -0.2) is 0 Å².